The number of amides is 1. The lowest BCUT2D eigenvalue weighted by Crippen LogP contribution is -2.25. The molecule has 1 aliphatic carbocycles. The second-order valence-corrected chi connectivity index (χ2v) is 6.56. The van der Waals surface area contributed by atoms with Gasteiger partial charge in [0.2, 0.25) is 5.91 Å². The van der Waals surface area contributed by atoms with E-state index in [-0.39, 0.29) is 30.0 Å². The molecule has 0 saturated heterocycles. The van der Waals surface area contributed by atoms with Gasteiger partial charge in [-0.3, -0.25) is 4.79 Å². The van der Waals surface area contributed by atoms with Crippen LogP contribution in [0.2, 0.25) is 10.0 Å². The van der Waals surface area contributed by atoms with Gasteiger partial charge in [0.15, 0.2) is 11.6 Å². The number of carbonyl (C=O) groups is 1. The summed E-state index contributed by atoms with van der Waals surface area (Å²) in [6.07, 6.45) is 0.739. The van der Waals surface area contributed by atoms with E-state index in [1.807, 2.05) is 12.1 Å². The molecule has 1 fully saturated rings. The molecule has 0 bridgehead atoms. The summed E-state index contributed by atoms with van der Waals surface area (Å²) < 4.78 is 18.5. The van der Waals surface area contributed by atoms with Crippen LogP contribution in [0.15, 0.2) is 36.4 Å². The summed E-state index contributed by atoms with van der Waals surface area (Å²) in [6.45, 7) is 0.270. The van der Waals surface area contributed by atoms with E-state index in [0.29, 0.717) is 15.6 Å². The van der Waals surface area contributed by atoms with E-state index >= 15 is 0 Å². The average Bonchev–Trinajstić information content (AvgIpc) is 3.36. The number of halogens is 3. The fourth-order valence-corrected chi connectivity index (χ4v) is 3.22. The first-order valence-corrected chi connectivity index (χ1v) is 8.31. The molecule has 0 radical (unpaired) electrons. The molecule has 6 heteroatoms. The Morgan fingerprint density at radius 1 is 1.33 bits per heavy atom. The Bertz CT molecular complexity index is 782. The molecule has 0 aromatic heterocycles. The van der Waals surface area contributed by atoms with Gasteiger partial charge in [-0.1, -0.05) is 41.4 Å². The molecule has 1 saturated carbocycles. The molecule has 3 nitrogen and oxygen atoms in total. The molecular weight excluding hydrogens is 352 g/mol. The largest absolute Gasteiger partial charge is 0.494 e. The highest BCUT2D eigenvalue weighted by Gasteiger charge is 2.44. The second-order valence-electron chi connectivity index (χ2n) is 5.78. The van der Waals surface area contributed by atoms with Crippen LogP contribution in [0.3, 0.4) is 0 Å². The lowest BCUT2D eigenvalue weighted by atomic mass is 10.1. The van der Waals surface area contributed by atoms with Crippen molar-refractivity contribution in [2.45, 2.75) is 18.9 Å². The van der Waals surface area contributed by atoms with E-state index in [1.54, 1.807) is 18.2 Å². The van der Waals surface area contributed by atoms with Crippen molar-refractivity contribution in [1.29, 1.82) is 0 Å². The number of rotatable bonds is 5. The third-order valence-electron chi connectivity index (χ3n) is 4.19. The van der Waals surface area contributed by atoms with Crippen molar-refractivity contribution < 1.29 is 13.9 Å². The molecule has 1 N–H and O–H groups in total. The van der Waals surface area contributed by atoms with Gasteiger partial charge < -0.3 is 10.1 Å². The summed E-state index contributed by atoms with van der Waals surface area (Å²) in [5, 5.41) is 3.84. The summed E-state index contributed by atoms with van der Waals surface area (Å²) in [6, 6.07) is 10.1. The van der Waals surface area contributed by atoms with Crippen LogP contribution in [0.1, 0.15) is 23.5 Å². The average molecular weight is 368 g/mol. The number of hydrogen-bond donors (Lipinski definition) is 1. The van der Waals surface area contributed by atoms with Gasteiger partial charge in [0, 0.05) is 12.5 Å². The topological polar surface area (TPSA) is 38.3 Å². The molecule has 2 aromatic rings. The third-order valence-corrected chi connectivity index (χ3v) is 5.02. The predicted molar refractivity (Wildman–Crippen MR) is 92.1 cm³/mol. The molecule has 0 spiro atoms. The smallest absolute Gasteiger partial charge is 0.224 e. The molecule has 126 valence electrons. The van der Waals surface area contributed by atoms with Crippen LogP contribution in [0, 0.1) is 11.7 Å². The Kier molecular flexibility index (Phi) is 4.97. The summed E-state index contributed by atoms with van der Waals surface area (Å²) in [5.41, 5.74) is 1.58. The lowest BCUT2D eigenvalue weighted by molar-refractivity contribution is -0.122. The Labute approximate surface area is 149 Å². The van der Waals surface area contributed by atoms with Gasteiger partial charge in [-0.15, -0.1) is 0 Å². The first kappa shape index (κ1) is 17.1. The first-order chi connectivity index (χ1) is 11.5. The van der Waals surface area contributed by atoms with Gasteiger partial charge in [-0.05, 0) is 41.7 Å². The molecule has 0 heterocycles. The maximum absolute atomic E-state index is 13.6. The zero-order valence-electron chi connectivity index (χ0n) is 13.0. The maximum atomic E-state index is 13.6. The SMILES string of the molecule is COc1ccc(CNC(=O)[C@H]2C[C@@H]2c2cccc(Cl)c2Cl)cc1F. The molecular formula is C18H16Cl2FNO2. The Morgan fingerprint density at radius 2 is 2.12 bits per heavy atom. The minimum Gasteiger partial charge on any atom is -0.494 e. The number of benzene rings is 2. The molecule has 0 unspecified atom stereocenters. The molecule has 2 aromatic carbocycles. The van der Waals surface area contributed by atoms with E-state index in [0.717, 1.165) is 12.0 Å². The molecule has 2 atom stereocenters. The quantitative estimate of drug-likeness (QED) is 0.840. The van der Waals surface area contributed by atoms with Crippen molar-refractivity contribution in [3.8, 4) is 5.75 Å². The highest BCUT2D eigenvalue weighted by molar-refractivity contribution is 6.42. The number of hydrogen-bond acceptors (Lipinski definition) is 2. The predicted octanol–water partition coefficient (Wildman–Crippen LogP) is 4.56. The van der Waals surface area contributed by atoms with Crippen molar-refractivity contribution >= 4 is 29.1 Å². The van der Waals surface area contributed by atoms with Crippen LogP contribution in [0.25, 0.3) is 0 Å². The standard InChI is InChI=1S/C18H16Cl2FNO2/c1-24-16-6-5-10(7-15(16)21)9-22-18(23)13-8-12(13)11-3-2-4-14(19)17(11)20/h2-7,12-13H,8-9H2,1H3,(H,22,23)/t12-,13+/m1/s1. The van der Waals surface area contributed by atoms with Crippen molar-refractivity contribution in [3.05, 3.63) is 63.4 Å². The number of nitrogens with one attached hydrogen (secondary N) is 1. The highest BCUT2D eigenvalue weighted by Crippen LogP contribution is 2.50. The van der Waals surface area contributed by atoms with Crippen molar-refractivity contribution in [2.24, 2.45) is 5.92 Å². The van der Waals surface area contributed by atoms with Gasteiger partial charge in [0.25, 0.3) is 0 Å². The third kappa shape index (κ3) is 3.50. The Hall–Kier alpha value is -1.78. The Balaban J connectivity index is 1.59. The maximum Gasteiger partial charge on any atom is 0.224 e. The van der Waals surface area contributed by atoms with Gasteiger partial charge in [0.05, 0.1) is 17.2 Å². The van der Waals surface area contributed by atoms with Crippen LogP contribution in [0.5, 0.6) is 5.75 Å². The van der Waals surface area contributed by atoms with Crippen molar-refractivity contribution in [2.75, 3.05) is 7.11 Å². The van der Waals surface area contributed by atoms with Crippen LogP contribution < -0.4 is 10.1 Å². The summed E-state index contributed by atoms with van der Waals surface area (Å²) in [7, 11) is 1.41. The van der Waals surface area contributed by atoms with E-state index < -0.39 is 5.82 Å². The van der Waals surface area contributed by atoms with Crippen LogP contribution in [-0.2, 0) is 11.3 Å². The first-order valence-electron chi connectivity index (χ1n) is 7.55. The summed E-state index contributed by atoms with van der Waals surface area (Å²) >= 11 is 12.2. The minimum atomic E-state index is -0.445. The molecule has 24 heavy (non-hydrogen) atoms. The summed E-state index contributed by atoms with van der Waals surface area (Å²) in [5.74, 6) is -0.359. The van der Waals surface area contributed by atoms with Gasteiger partial charge in [-0.25, -0.2) is 4.39 Å². The van der Waals surface area contributed by atoms with E-state index in [4.69, 9.17) is 27.9 Å². The molecule has 3 rings (SSSR count). The zero-order valence-corrected chi connectivity index (χ0v) is 14.5. The van der Waals surface area contributed by atoms with Gasteiger partial charge in [0.1, 0.15) is 0 Å². The minimum absolute atomic E-state index is 0.0627. The van der Waals surface area contributed by atoms with Gasteiger partial charge in [-0.2, -0.15) is 0 Å². The summed E-state index contributed by atoms with van der Waals surface area (Å²) in [4.78, 5) is 12.3. The van der Waals surface area contributed by atoms with Crippen molar-refractivity contribution in [1.82, 2.24) is 5.32 Å². The highest BCUT2D eigenvalue weighted by atomic mass is 35.5. The monoisotopic (exact) mass is 367 g/mol. The molecule has 0 aliphatic heterocycles. The molecule has 1 aliphatic rings. The molecule has 1 amide bonds. The fraction of sp³-hybridized carbons (Fsp3) is 0.278. The lowest BCUT2D eigenvalue weighted by Gasteiger charge is -2.08. The van der Waals surface area contributed by atoms with E-state index in [1.165, 1.54) is 13.2 Å². The van der Waals surface area contributed by atoms with E-state index in [2.05, 4.69) is 5.32 Å². The zero-order chi connectivity index (χ0) is 17.3. The second kappa shape index (κ2) is 6.99. The number of methoxy groups -OCH3 is 1. The van der Waals surface area contributed by atoms with Crippen LogP contribution >= 0.6 is 23.2 Å². The van der Waals surface area contributed by atoms with E-state index in [9.17, 15) is 9.18 Å². The fourth-order valence-electron chi connectivity index (χ4n) is 2.78. The number of ether oxygens (including phenoxy) is 1. The normalized spacial score (nSPS) is 19.0. The van der Waals surface area contributed by atoms with Crippen molar-refractivity contribution in [3.63, 3.8) is 0 Å². The van der Waals surface area contributed by atoms with Gasteiger partial charge >= 0.3 is 0 Å². The van der Waals surface area contributed by atoms with Crippen LogP contribution in [0.4, 0.5) is 4.39 Å². The Morgan fingerprint density at radius 3 is 2.83 bits per heavy atom. The van der Waals surface area contributed by atoms with Crippen LogP contribution in [-0.4, -0.2) is 13.0 Å². The number of carbonyl (C=O) groups excluding carboxylic acids is 1.